The van der Waals surface area contributed by atoms with E-state index in [2.05, 4.69) is 13.5 Å². The van der Waals surface area contributed by atoms with Crippen molar-refractivity contribution in [2.45, 2.75) is 65.6 Å². The molecule has 2 rings (SSSR count). The average Bonchev–Trinajstić information content (AvgIpc) is 3.09. The molecule has 0 aliphatic carbocycles. The van der Waals surface area contributed by atoms with E-state index in [4.69, 9.17) is 9.47 Å². The zero-order valence-corrected chi connectivity index (χ0v) is 17.0. The predicted molar refractivity (Wildman–Crippen MR) is 108 cm³/mol. The van der Waals surface area contributed by atoms with Crippen LogP contribution in [0.15, 0.2) is 42.0 Å². The molecule has 1 aromatic rings. The number of hydrogen-bond donors (Lipinski definition) is 1. The van der Waals surface area contributed by atoms with Crippen molar-refractivity contribution in [1.82, 2.24) is 0 Å². The van der Waals surface area contributed by atoms with Crippen LogP contribution < -0.4 is 4.74 Å². The molecular weight excluding hydrogens is 356 g/mol. The van der Waals surface area contributed by atoms with Crippen molar-refractivity contribution in [1.29, 1.82) is 0 Å². The Balaban J connectivity index is 1.95. The summed E-state index contributed by atoms with van der Waals surface area (Å²) in [5.74, 6) is -1.56. The summed E-state index contributed by atoms with van der Waals surface area (Å²) in [6, 6.07) is 5.70. The standard InChI is InChI=1S/C23H30O5/c1-5-6-7-8-9-19(22(24)25)16(4)23(26)27-14-17-10-11-20-18(12-17)13-21(28-20)15(2)3/h9-12,16,21H,2,5-8,13-14H2,1,3-4H3,(H,24,25). The third kappa shape index (κ3) is 5.72. The summed E-state index contributed by atoms with van der Waals surface area (Å²) < 4.78 is 11.2. The van der Waals surface area contributed by atoms with Gasteiger partial charge >= 0.3 is 11.9 Å². The van der Waals surface area contributed by atoms with Gasteiger partial charge in [0.15, 0.2) is 0 Å². The zero-order chi connectivity index (χ0) is 20.7. The number of carbonyl (C=O) groups excluding carboxylic acids is 1. The lowest BCUT2D eigenvalue weighted by Gasteiger charge is -2.13. The highest BCUT2D eigenvalue weighted by molar-refractivity contribution is 5.94. The summed E-state index contributed by atoms with van der Waals surface area (Å²) in [5, 5.41) is 9.41. The SMILES string of the molecule is C=C(C)C1Cc2cc(COC(=O)C(C)C(=CCCCCC)C(=O)O)ccc2O1. The summed E-state index contributed by atoms with van der Waals surface area (Å²) in [7, 11) is 0. The second-order valence-corrected chi connectivity index (χ2v) is 7.39. The van der Waals surface area contributed by atoms with E-state index in [1.54, 1.807) is 13.0 Å². The Morgan fingerprint density at radius 1 is 1.39 bits per heavy atom. The van der Waals surface area contributed by atoms with Gasteiger partial charge in [-0.15, -0.1) is 0 Å². The van der Waals surface area contributed by atoms with Gasteiger partial charge < -0.3 is 14.6 Å². The van der Waals surface area contributed by atoms with Crippen molar-refractivity contribution >= 4 is 11.9 Å². The third-order valence-electron chi connectivity index (χ3n) is 4.97. The first-order valence-corrected chi connectivity index (χ1v) is 9.87. The highest BCUT2D eigenvalue weighted by Crippen LogP contribution is 2.32. The first-order valence-electron chi connectivity index (χ1n) is 9.87. The van der Waals surface area contributed by atoms with Gasteiger partial charge in [-0.05, 0) is 55.5 Å². The first kappa shape index (κ1) is 21.7. The Morgan fingerprint density at radius 3 is 2.79 bits per heavy atom. The minimum atomic E-state index is -1.07. The van der Waals surface area contributed by atoms with Crippen LogP contribution in [0.25, 0.3) is 0 Å². The van der Waals surface area contributed by atoms with E-state index < -0.39 is 17.9 Å². The van der Waals surface area contributed by atoms with E-state index in [-0.39, 0.29) is 18.3 Å². The number of unbranched alkanes of at least 4 members (excludes halogenated alkanes) is 3. The second-order valence-electron chi connectivity index (χ2n) is 7.39. The number of carbonyl (C=O) groups is 2. The number of benzene rings is 1. The lowest BCUT2D eigenvalue weighted by molar-refractivity contribution is -0.150. The Kier molecular flexibility index (Phi) is 7.85. The van der Waals surface area contributed by atoms with Gasteiger partial charge in [0, 0.05) is 12.0 Å². The van der Waals surface area contributed by atoms with Crippen molar-refractivity contribution in [3.63, 3.8) is 0 Å². The van der Waals surface area contributed by atoms with Gasteiger partial charge in [-0.2, -0.15) is 0 Å². The minimum absolute atomic E-state index is 0.0104. The van der Waals surface area contributed by atoms with Crippen LogP contribution in [-0.4, -0.2) is 23.1 Å². The smallest absolute Gasteiger partial charge is 0.332 e. The Labute approximate surface area is 167 Å². The first-order chi connectivity index (χ1) is 13.3. The van der Waals surface area contributed by atoms with Crippen LogP contribution in [0.2, 0.25) is 0 Å². The molecule has 0 fully saturated rings. The Bertz CT molecular complexity index is 762. The van der Waals surface area contributed by atoms with Crippen molar-refractivity contribution in [3.8, 4) is 5.75 Å². The highest BCUT2D eigenvalue weighted by atomic mass is 16.5. The van der Waals surface area contributed by atoms with Crippen LogP contribution in [-0.2, 0) is 27.4 Å². The third-order valence-corrected chi connectivity index (χ3v) is 4.97. The average molecular weight is 386 g/mol. The van der Waals surface area contributed by atoms with Gasteiger partial charge in [-0.3, -0.25) is 4.79 Å². The maximum absolute atomic E-state index is 12.4. The molecule has 1 heterocycles. The molecule has 1 aromatic carbocycles. The van der Waals surface area contributed by atoms with Crippen LogP contribution in [0.5, 0.6) is 5.75 Å². The number of fused-ring (bicyclic) bond motifs is 1. The lowest BCUT2D eigenvalue weighted by Crippen LogP contribution is -2.21. The van der Waals surface area contributed by atoms with Gasteiger partial charge in [-0.25, -0.2) is 4.79 Å². The monoisotopic (exact) mass is 386 g/mol. The number of esters is 1. The fraction of sp³-hybridized carbons (Fsp3) is 0.478. The van der Waals surface area contributed by atoms with E-state index in [0.29, 0.717) is 6.42 Å². The number of ether oxygens (including phenoxy) is 2. The molecule has 1 aliphatic heterocycles. The van der Waals surface area contributed by atoms with E-state index in [1.165, 1.54) is 0 Å². The Morgan fingerprint density at radius 2 is 2.14 bits per heavy atom. The summed E-state index contributed by atoms with van der Waals surface area (Å²) >= 11 is 0. The molecule has 1 N–H and O–H groups in total. The molecule has 152 valence electrons. The van der Waals surface area contributed by atoms with E-state index in [9.17, 15) is 14.7 Å². The number of hydrogen-bond acceptors (Lipinski definition) is 4. The highest BCUT2D eigenvalue weighted by Gasteiger charge is 2.26. The summed E-state index contributed by atoms with van der Waals surface area (Å²) in [6.45, 7) is 9.65. The molecule has 0 saturated heterocycles. The number of aliphatic carboxylic acids is 1. The maximum atomic E-state index is 12.4. The summed E-state index contributed by atoms with van der Waals surface area (Å²) in [6.07, 6.45) is 6.06. The summed E-state index contributed by atoms with van der Waals surface area (Å²) in [5.41, 5.74) is 3.00. The van der Waals surface area contributed by atoms with Crippen LogP contribution in [0.4, 0.5) is 0 Å². The number of allylic oxidation sites excluding steroid dienone is 1. The van der Waals surface area contributed by atoms with Crippen molar-refractivity contribution in [2.75, 3.05) is 0 Å². The number of rotatable bonds is 10. The van der Waals surface area contributed by atoms with Crippen molar-refractivity contribution < 1.29 is 24.2 Å². The lowest BCUT2D eigenvalue weighted by atomic mass is 9.99. The number of carboxylic acids is 1. The fourth-order valence-electron chi connectivity index (χ4n) is 3.17. The van der Waals surface area contributed by atoms with Crippen LogP contribution in [0, 0.1) is 5.92 Å². The zero-order valence-electron chi connectivity index (χ0n) is 17.0. The van der Waals surface area contributed by atoms with Gasteiger partial charge in [0.25, 0.3) is 0 Å². The van der Waals surface area contributed by atoms with Crippen LogP contribution >= 0.6 is 0 Å². The molecule has 2 unspecified atom stereocenters. The van der Waals surface area contributed by atoms with Crippen molar-refractivity contribution in [3.05, 3.63) is 53.1 Å². The normalized spacial score (nSPS) is 16.8. The molecule has 0 saturated carbocycles. The number of carboxylic acid groups (broad SMARTS) is 1. The van der Waals surface area contributed by atoms with E-state index in [1.807, 2.05) is 25.1 Å². The molecule has 5 nitrogen and oxygen atoms in total. The van der Waals surface area contributed by atoms with Gasteiger partial charge in [0.05, 0.1) is 5.92 Å². The van der Waals surface area contributed by atoms with Gasteiger partial charge in [-0.1, -0.05) is 38.5 Å². The largest absolute Gasteiger partial charge is 0.485 e. The molecule has 0 amide bonds. The predicted octanol–water partition coefficient (Wildman–Crippen LogP) is 4.84. The molecule has 0 radical (unpaired) electrons. The Hall–Kier alpha value is -2.56. The van der Waals surface area contributed by atoms with Crippen LogP contribution in [0.3, 0.4) is 0 Å². The van der Waals surface area contributed by atoms with Gasteiger partial charge in [0.2, 0.25) is 0 Å². The van der Waals surface area contributed by atoms with Gasteiger partial charge in [0.1, 0.15) is 18.5 Å². The molecule has 0 bridgehead atoms. The molecule has 0 spiro atoms. The quantitative estimate of drug-likeness (QED) is 0.270. The second kappa shape index (κ2) is 10.1. The van der Waals surface area contributed by atoms with Crippen molar-refractivity contribution in [2.24, 2.45) is 5.92 Å². The minimum Gasteiger partial charge on any atom is -0.485 e. The summed E-state index contributed by atoms with van der Waals surface area (Å²) in [4.78, 5) is 23.9. The molecule has 5 heteroatoms. The van der Waals surface area contributed by atoms with E-state index >= 15 is 0 Å². The maximum Gasteiger partial charge on any atom is 0.332 e. The van der Waals surface area contributed by atoms with Crippen LogP contribution in [0.1, 0.15) is 57.6 Å². The fourth-order valence-corrected chi connectivity index (χ4v) is 3.17. The molecular formula is C23H30O5. The molecule has 1 aliphatic rings. The molecule has 2 atom stereocenters. The topological polar surface area (TPSA) is 72.8 Å². The van der Waals surface area contributed by atoms with E-state index in [0.717, 1.165) is 48.1 Å². The molecule has 0 aromatic heterocycles. The molecule has 28 heavy (non-hydrogen) atoms.